The molecule has 252 valence electrons. The lowest BCUT2D eigenvalue weighted by Crippen LogP contribution is -2.44. The van der Waals surface area contributed by atoms with Gasteiger partial charge in [-0.25, -0.2) is 19.1 Å². The number of carboxylic acids is 1. The summed E-state index contributed by atoms with van der Waals surface area (Å²) < 4.78 is 68.1. The Hall–Kier alpha value is -4.89. The van der Waals surface area contributed by atoms with E-state index in [0.717, 1.165) is 17.0 Å². The minimum Gasteiger partial charge on any atom is -0.490 e. The summed E-state index contributed by atoms with van der Waals surface area (Å²) in [5.41, 5.74) is 1.66. The van der Waals surface area contributed by atoms with E-state index in [2.05, 4.69) is 10.3 Å². The second kappa shape index (κ2) is 15.6. The molecule has 0 saturated carbocycles. The van der Waals surface area contributed by atoms with Crippen LogP contribution in [0.5, 0.6) is 11.5 Å². The highest BCUT2D eigenvalue weighted by Gasteiger charge is 2.38. The van der Waals surface area contributed by atoms with Crippen LogP contribution in [-0.2, 0) is 26.0 Å². The second-order valence-corrected chi connectivity index (χ2v) is 12.4. The largest absolute Gasteiger partial charge is 0.490 e. The molecule has 4 aromatic rings. The fourth-order valence-electron chi connectivity index (χ4n) is 4.42. The molecule has 0 aliphatic rings. The smallest absolute Gasteiger partial charge is 0.490 e. The highest BCUT2D eigenvalue weighted by molar-refractivity contribution is 7.90. The highest BCUT2D eigenvalue weighted by Crippen LogP contribution is 2.35. The third-order valence-electron chi connectivity index (χ3n) is 6.46. The number of nitrogens with zero attached hydrogens (tertiary/aromatic N) is 2. The number of ether oxygens (including phenoxy) is 2. The monoisotopic (exact) mass is 676 g/mol. The van der Waals surface area contributed by atoms with Gasteiger partial charge < -0.3 is 19.9 Å². The van der Waals surface area contributed by atoms with Gasteiger partial charge in [-0.3, -0.25) is 14.8 Å². The van der Waals surface area contributed by atoms with Crippen LogP contribution in [0.4, 0.5) is 18.9 Å². The molecule has 3 aromatic carbocycles. The fraction of sp³-hybridized carbons (Fsp3) is 0.281. The third kappa shape index (κ3) is 10.0. The Balaban J connectivity index is 0.000000771. The zero-order valence-corrected chi connectivity index (χ0v) is 26.8. The first-order chi connectivity index (χ1) is 22.0. The maximum Gasteiger partial charge on any atom is 0.490 e. The van der Waals surface area contributed by atoms with Crippen LogP contribution in [-0.4, -0.2) is 55.5 Å². The van der Waals surface area contributed by atoms with Crippen molar-refractivity contribution in [3.05, 3.63) is 90.3 Å². The summed E-state index contributed by atoms with van der Waals surface area (Å²) in [4.78, 5) is 27.0. The van der Waals surface area contributed by atoms with Crippen molar-refractivity contribution in [3.8, 4) is 11.5 Å². The molecule has 1 heterocycles. The predicted molar refractivity (Wildman–Crippen MR) is 170 cm³/mol. The summed E-state index contributed by atoms with van der Waals surface area (Å²) in [6.45, 7) is 6.12. The van der Waals surface area contributed by atoms with E-state index < -0.39 is 33.9 Å². The number of nitrogens with one attached hydrogen (secondary N) is 1. The van der Waals surface area contributed by atoms with Crippen molar-refractivity contribution in [1.29, 1.82) is 0 Å². The van der Waals surface area contributed by atoms with E-state index in [1.165, 1.54) is 11.1 Å². The van der Waals surface area contributed by atoms with E-state index in [0.29, 0.717) is 34.9 Å². The molecule has 11 nitrogen and oxygen atoms in total. The number of carbonyl (C=O) groups excluding carboxylic acids is 1. The number of carbonyl (C=O) groups is 2. The molecule has 0 spiro atoms. The summed E-state index contributed by atoms with van der Waals surface area (Å²) in [6.07, 6.45) is -0.565. The number of halogens is 3. The number of pyridine rings is 1. The van der Waals surface area contributed by atoms with Crippen molar-refractivity contribution in [2.45, 2.75) is 50.5 Å². The van der Waals surface area contributed by atoms with E-state index in [1.54, 1.807) is 48.8 Å². The second-order valence-electron chi connectivity index (χ2n) is 10.4. The SMILES string of the molecule is CCOc1cc(C(C(=O)NCc2ccccc2S(C)(=O)=O)N(N)c2ccc3cnccc3c2)ccc1OC(C)C.O=C(O)C(F)(F)F. The normalized spacial score (nSPS) is 12.1. The minimum absolute atomic E-state index is 0.00265. The molecule has 47 heavy (non-hydrogen) atoms. The van der Waals surface area contributed by atoms with Crippen LogP contribution >= 0.6 is 0 Å². The van der Waals surface area contributed by atoms with E-state index in [4.69, 9.17) is 25.2 Å². The summed E-state index contributed by atoms with van der Waals surface area (Å²) in [7, 11) is -3.48. The van der Waals surface area contributed by atoms with E-state index in [-0.39, 0.29) is 17.5 Å². The summed E-state index contributed by atoms with van der Waals surface area (Å²) >= 11 is 0. The molecule has 4 rings (SSSR count). The quantitative estimate of drug-likeness (QED) is 0.142. The molecular formula is C32H35F3N4O7S. The van der Waals surface area contributed by atoms with Crippen LogP contribution in [0.3, 0.4) is 0 Å². The number of aromatic nitrogens is 1. The van der Waals surface area contributed by atoms with Gasteiger partial charge in [0.05, 0.1) is 23.3 Å². The van der Waals surface area contributed by atoms with Crippen molar-refractivity contribution in [2.75, 3.05) is 17.9 Å². The Morgan fingerprint density at radius 3 is 2.32 bits per heavy atom. The molecule has 1 unspecified atom stereocenters. The lowest BCUT2D eigenvalue weighted by Gasteiger charge is -2.30. The molecule has 0 radical (unpaired) electrons. The Kier molecular flexibility index (Phi) is 12.1. The number of hydrogen-bond acceptors (Lipinski definition) is 9. The van der Waals surface area contributed by atoms with Gasteiger partial charge in [-0.2, -0.15) is 13.2 Å². The van der Waals surface area contributed by atoms with E-state index in [9.17, 15) is 26.4 Å². The number of benzene rings is 3. The van der Waals surface area contributed by atoms with Gasteiger partial charge in [-0.05, 0) is 73.7 Å². The number of aliphatic carboxylic acids is 1. The maximum absolute atomic E-state index is 13.8. The average Bonchev–Trinajstić information content (AvgIpc) is 3.00. The van der Waals surface area contributed by atoms with Gasteiger partial charge in [-0.15, -0.1) is 0 Å². The number of hydrogen-bond donors (Lipinski definition) is 3. The molecule has 0 bridgehead atoms. The molecule has 4 N–H and O–H groups in total. The lowest BCUT2D eigenvalue weighted by molar-refractivity contribution is -0.192. The first-order valence-electron chi connectivity index (χ1n) is 14.2. The Morgan fingerprint density at radius 1 is 1.02 bits per heavy atom. The fourth-order valence-corrected chi connectivity index (χ4v) is 5.37. The third-order valence-corrected chi connectivity index (χ3v) is 7.66. The van der Waals surface area contributed by atoms with Crippen molar-refractivity contribution >= 4 is 38.2 Å². The standard InChI is InChI=1S/C30H34N4O5S.C2HF3O2/c1-5-38-27-17-22(11-13-26(27)39-20(2)3)29(34(31)25-12-10-23-18-32-15-14-21(23)16-25)30(35)33-19-24-8-6-7-9-28(24)40(4,36)37;3-2(4,5)1(6)7/h6-18,20,29H,5,19,31H2,1-4H3,(H,33,35);(H,6,7). The van der Waals surface area contributed by atoms with Gasteiger partial charge in [0.25, 0.3) is 0 Å². The molecule has 1 aromatic heterocycles. The van der Waals surface area contributed by atoms with Crippen molar-refractivity contribution in [3.63, 3.8) is 0 Å². The van der Waals surface area contributed by atoms with E-state index in [1.807, 2.05) is 45.0 Å². The number of rotatable bonds is 11. The predicted octanol–water partition coefficient (Wildman–Crippen LogP) is 5.20. The molecule has 1 amide bonds. The zero-order chi connectivity index (χ0) is 34.9. The molecule has 0 aliphatic carbocycles. The van der Waals surface area contributed by atoms with Gasteiger partial charge in [-0.1, -0.05) is 30.3 Å². The topological polar surface area (TPSA) is 161 Å². The lowest BCUT2D eigenvalue weighted by atomic mass is 10.0. The van der Waals surface area contributed by atoms with Crippen LogP contribution < -0.4 is 25.6 Å². The summed E-state index contributed by atoms with van der Waals surface area (Å²) in [5.74, 6) is 4.54. The van der Waals surface area contributed by atoms with Crippen molar-refractivity contribution in [2.24, 2.45) is 5.84 Å². The summed E-state index contributed by atoms with van der Waals surface area (Å²) in [5, 5.41) is 13.3. The number of nitrogens with two attached hydrogens (primary N) is 1. The Bertz CT molecular complexity index is 1820. The molecule has 0 saturated heterocycles. The number of hydrazine groups is 1. The highest BCUT2D eigenvalue weighted by atomic mass is 32.2. The van der Waals surface area contributed by atoms with E-state index >= 15 is 0 Å². The minimum atomic E-state index is -5.08. The number of carboxylic acid groups (broad SMARTS) is 1. The molecule has 1 atom stereocenters. The first-order valence-corrected chi connectivity index (χ1v) is 16.1. The Labute approximate surface area is 270 Å². The maximum atomic E-state index is 13.8. The van der Waals surface area contributed by atoms with Crippen LogP contribution in [0.2, 0.25) is 0 Å². The van der Waals surface area contributed by atoms with Crippen LogP contribution in [0.25, 0.3) is 10.8 Å². The van der Waals surface area contributed by atoms with Gasteiger partial charge in [0.1, 0.15) is 6.04 Å². The summed E-state index contributed by atoms with van der Waals surface area (Å²) in [6, 6.07) is 18.4. The van der Waals surface area contributed by atoms with Gasteiger partial charge in [0.2, 0.25) is 5.91 Å². The van der Waals surface area contributed by atoms with Crippen LogP contribution in [0, 0.1) is 0 Å². The average molecular weight is 677 g/mol. The van der Waals surface area contributed by atoms with Gasteiger partial charge in [0.15, 0.2) is 21.3 Å². The van der Waals surface area contributed by atoms with Crippen LogP contribution in [0.1, 0.15) is 37.9 Å². The van der Waals surface area contributed by atoms with Gasteiger partial charge >= 0.3 is 12.1 Å². The van der Waals surface area contributed by atoms with Crippen molar-refractivity contribution in [1.82, 2.24) is 10.3 Å². The molecule has 0 fully saturated rings. The number of alkyl halides is 3. The Morgan fingerprint density at radius 2 is 1.70 bits per heavy atom. The van der Waals surface area contributed by atoms with Gasteiger partial charge in [0, 0.05) is 30.6 Å². The number of amides is 1. The number of anilines is 1. The number of fused-ring (bicyclic) bond motifs is 1. The molecule has 15 heteroatoms. The zero-order valence-electron chi connectivity index (χ0n) is 26.0. The van der Waals surface area contributed by atoms with Crippen LogP contribution in [0.15, 0.2) is 84.0 Å². The first kappa shape index (κ1) is 36.6. The van der Waals surface area contributed by atoms with Crippen molar-refractivity contribution < 1.29 is 45.8 Å². The number of sulfone groups is 1. The molecular weight excluding hydrogens is 641 g/mol. The molecule has 0 aliphatic heterocycles.